The smallest absolute Gasteiger partial charge is 0.338 e. The van der Waals surface area contributed by atoms with Crippen LogP contribution in [-0.4, -0.2) is 19.2 Å². The van der Waals surface area contributed by atoms with Gasteiger partial charge in [-0.2, -0.15) is 0 Å². The molecular formula is C32H36FNO3. The van der Waals surface area contributed by atoms with Gasteiger partial charge >= 0.3 is 5.97 Å². The monoisotopic (exact) mass is 501 g/mol. The van der Waals surface area contributed by atoms with Gasteiger partial charge < -0.3 is 14.8 Å². The van der Waals surface area contributed by atoms with Crippen LogP contribution in [0.25, 0.3) is 21.9 Å². The molecule has 0 bridgehead atoms. The molecule has 0 saturated heterocycles. The Labute approximate surface area is 219 Å². The average Bonchev–Trinajstić information content (AvgIpc) is 2.90. The SMILES string of the molecule is CCC(N[C@H](C)c1cccc(OC)c1)c1cc(-c2cc(F)cc(C(=O)OC(C)C)c2)c2ccccc2c1.[HH]. The third-order valence-corrected chi connectivity index (χ3v) is 6.53. The molecule has 0 aliphatic rings. The van der Waals surface area contributed by atoms with Gasteiger partial charge in [0.15, 0.2) is 0 Å². The first-order valence-electron chi connectivity index (χ1n) is 12.7. The van der Waals surface area contributed by atoms with E-state index in [9.17, 15) is 9.18 Å². The molecule has 4 nitrogen and oxygen atoms in total. The van der Waals surface area contributed by atoms with Crippen molar-refractivity contribution in [1.29, 1.82) is 0 Å². The molecule has 0 fully saturated rings. The molecule has 0 saturated carbocycles. The van der Waals surface area contributed by atoms with Crippen molar-refractivity contribution in [3.05, 3.63) is 101 Å². The first kappa shape index (κ1) is 26.4. The molecule has 0 aliphatic heterocycles. The highest BCUT2D eigenvalue weighted by Gasteiger charge is 2.19. The Bertz CT molecular complexity index is 1400. The fourth-order valence-corrected chi connectivity index (χ4v) is 4.68. The topological polar surface area (TPSA) is 47.6 Å². The lowest BCUT2D eigenvalue weighted by Crippen LogP contribution is -2.24. The zero-order valence-corrected chi connectivity index (χ0v) is 22.0. The molecule has 0 heterocycles. The summed E-state index contributed by atoms with van der Waals surface area (Å²) >= 11 is 0. The highest BCUT2D eigenvalue weighted by Crippen LogP contribution is 2.35. The number of carbonyl (C=O) groups excluding carboxylic acids is 1. The van der Waals surface area contributed by atoms with Crippen LogP contribution in [0.1, 0.15) is 69.1 Å². The van der Waals surface area contributed by atoms with Crippen molar-refractivity contribution in [2.45, 2.75) is 52.3 Å². The number of hydrogen-bond donors (Lipinski definition) is 1. The minimum absolute atomic E-state index is 0. The molecular weight excluding hydrogens is 465 g/mol. The van der Waals surface area contributed by atoms with Crippen molar-refractivity contribution >= 4 is 16.7 Å². The number of fused-ring (bicyclic) bond motifs is 1. The molecule has 37 heavy (non-hydrogen) atoms. The summed E-state index contributed by atoms with van der Waals surface area (Å²) in [5.41, 5.74) is 3.96. The third-order valence-electron chi connectivity index (χ3n) is 6.53. The molecule has 2 atom stereocenters. The van der Waals surface area contributed by atoms with Gasteiger partial charge in [-0.3, -0.25) is 0 Å². The van der Waals surface area contributed by atoms with Gasteiger partial charge in [0.25, 0.3) is 0 Å². The van der Waals surface area contributed by atoms with Crippen LogP contribution >= 0.6 is 0 Å². The second kappa shape index (κ2) is 11.6. The number of esters is 1. The van der Waals surface area contributed by atoms with Gasteiger partial charge in [-0.05, 0) is 103 Å². The predicted molar refractivity (Wildman–Crippen MR) is 150 cm³/mol. The highest BCUT2D eigenvalue weighted by molar-refractivity contribution is 5.99. The summed E-state index contributed by atoms with van der Waals surface area (Å²) in [7, 11) is 1.67. The van der Waals surface area contributed by atoms with Gasteiger partial charge in [0.05, 0.1) is 18.8 Å². The molecule has 4 rings (SSSR count). The number of ether oxygens (including phenoxy) is 2. The van der Waals surface area contributed by atoms with Crippen LogP contribution in [0.15, 0.2) is 78.9 Å². The van der Waals surface area contributed by atoms with Crippen molar-refractivity contribution < 1.29 is 20.1 Å². The first-order chi connectivity index (χ1) is 17.8. The fourth-order valence-electron chi connectivity index (χ4n) is 4.68. The molecule has 1 unspecified atom stereocenters. The van der Waals surface area contributed by atoms with Crippen molar-refractivity contribution in [3.63, 3.8) is 0 Å². The summed E-state index contributed by atoms with van der Waals surface area (Å²) < 4.78 is 25.5. The molecule has 1 N–H and O–H groups in total. The predicted octanol–water partition coefficient (Wildman–Crippen LogP) is 8.27. The van der Waals surface area contributed by atoms with Gasteiger partial charge in [0, 0.05) is 13.5 Å². The van der Waals surface area contributed by atoms with Crippen LogP contribution in [0.3, 0.4) is 0 Å². The molecule has 0 radical (unpaired) electrons. The van der Waals surface area contributed by atoms with Crippen LogP contribution < -0.4 is 10.1 Å². The summed E-state index contributed by atoms with van der Waals surface area (Å²) in [5.74, 6) is -0.180. The maximum Gasteiger partial charge on any atom is 0.338 e. The van der Waals surface area contributed by atoms with Crippen LogP contribution in [0.4, 0.5) is 4.39 Å². The Balaban J connectivity index is 0.00000400. The maximum atomic E-state index is 14.7. The number of hydrogen-bond acceptors (Lipinski definition) is 4. The quantitative estimate of drug-likeness (QED) is 0.235. The van der Waals surface area contributed by atoms with Crippen molar-refractivity contribution in [2.24, 2.45) is 0 Å². The largest absolute Gasteiger partial charge is 0.497 e. The lowest BCUT2D eigenvalue weighted by Gasteiger charge is -2.25. The fraction of sp³-hybridized carbons (Fsp3) is 0.281. The lowest BCUT2D eigenvalue weighted by atomic mass is 9.91. The second-order valence-corrected chi connectivity index (χ2v) is 9.60. The van der Waals surface area contributed by atoms with Gasteiger partial charge in [0.2, 0.25) is 0 Å². The summed E-state index contributed by atoms with van der Waals surface area (Å²) in [6.07, 6.45) is 0.577. The van der Waals surface area contributed by atoms with Crippen molar-refractivity contribution in [2.75, 3.05) is 7.11 Å². The maximum absolute atomic E-state index is 14.7. The first-order valence-corrected chi connectivity index (χ1v) is 12.7. The van der Waals surface area contributed by atoms with E-state index in [0.29, 0.717) is 5.56 Å². The van der Waals surface area contributed by atoms with Gasteiger partial charge in [0.1, 0.15) is 11.6 Å². The Morgan fingerprint density at radius 3 is 2.46 bits per heavy atom. The number of methoxy groups -OCH3 is 1. The lowest BCUT2D eigenvalue weighted by molar-refractivity contribution is 0.0377. The number of halogens is 1. The van der Waals surface area contributed by atoms with E-state index in [4.69, 9.17) is 9.47 Å². The third kappa shape index (κ3) is 6.17. The summed E-state index contributed by atoms with van der Waals surface area (Å²) in [5, 5.41) is 5.80. The van der Waals surface area contributed by atoms with Gasteiger partial charge in [-0.15, -0.1) is 0 Å². The molecule has 0 spiro atoms. The number of benzene rings is 4. The molecule has 0 aliphatic carbocycles. The molecule has 4 aromatic carbocycles. The minimum Gasteiger partial charge on any atom is -0.497 e. The summed E-state index contributed by atoms with van der Waals surface area (Å²) in [6.45, 7) is 7.84. The van der Waals surface area contributed by atoms with E-state index in [-0.39, 0.29) is 25.2 Å². The molecule has 5 heteroatoms. The van der Waals surface area contributed by atoms with E-state index in [2.05, 4.69) is 43.4 Å². The molecule has 0 aromatic heterocycles. The average molecular weight is 502 g/mol. The number of carbonyl (C=O) groups is 1. The molecule has 4 aromatic rings. The van der Waals surface area contributed by atoms with E-state index in [1.54, 1.807) is 27.0 Å². The Kier molecular flexibility index (Phi) is 8.24. The zero-order chi connectivity index (χ0) is 26.5. The summed E-state index contributed by atoms with van der Waals surface area (Å²) in [6, 6.07) is 25.0. The standard InChI is InChI=1S/C32H34FNO3.H2/c1-6-31(34-21(4)22-11-9-12-28(18-22)36-5)25-14-23-10-7-8-13-29(23)30(19-25)24-15-26(17-27(33)16-24)32(35)37-20(2)3;/h7-21,31,34H,6H2,1-5H3;1H/t21-,31?;/m1./s1. The molecule has 0 amide bonds. The number of nitrogens with one attached hydrogen (secondary N) is 1. The van der Waals surface area contributed by atoms with E-state index in [1.807, 2.05) is 36.4 Å². The van der Waals surface area contributed by atoms with Crippen LogP contribution in [0.5, 0.6) is 5.75 Å². The van der Waals surface area contributed by atoms with Crippen molar-refractivity contribution in [3.8, 4) is 16.9 Å². The second-order valence-electron chi connectivity index (χ2n) is 9.60. The minimum atomic E-state index is -0.531. The van der Waals surface area contributed by atoms with Crippen LogP contribution in [-0.2, 0) is 4.74 Å². The van der Waals surface area contributed by atoms with E-state index < -0.39 is 11.8 Å². The number of rotatable bonds is 9. The molecule has 194 valence electrons. The normalized spacial score (nSPS) is 12.9. The zero-order valence-electron chi connectivity index (χ0n) is 22.0. The summed E-state index contributed by atoms with van der Waals surface area (Å²) in [4.78, 5) is 12.6. The Morgan fingerprint density at radius 2 is 1.73 bits per heavy atom. The highest BCUT2D eigenvalue weighted by atomic mass is 19.1. The Morgan fingerprint density at radius 1 is 0.946 bits per heavy atom. The van der Waals surface area contributed by atoms with Gasteiger partial charge in [-0.25, -0.2) is 9.18 Å². The Hall–Kier alpha value is -3.70. The van der Waals surface area contributed by atoms with Gasteiger partial charge in [-0.1, -0.05) is 43.3 Å². The van der Waals surface area contributed by atoms with E-state index >= 15 is 0 Å². The van der Waals surface area contributed by atoms with Crippen molar-refractivity contribution in [1.82, 2.24) is 5.32 Å². The van der Waals surface area contributed by atoms with E-state index in [0.717, 1.165) is 39.6 Å². The van der Waals surface area contributed by atoms with E-state index in [1.165, 1.54) is 12.1 Å². The van der Waals surface area contributed by atoms with Crippen LogP contribution in [0, 0.1) is 5.82 Å². The van der Waals surface area contributed by atoms with Crippen LogP contribution in [0.2, 0.25) is 0 Å².